The van der Waals surface area contributed by atoms with Crippen LogP contribution in [0.2, 0.25) is 10.0 Å². The second-order valence-electron chi connectivity index (χ2n) is 4.86. The molecule has 0 fully saturated rings. The Bertz CT molecular complexity index is 739. The van der Waals surface area contributed by atoms with Gasteiger partial charge in [0.25, 0.3) is 0 Å². The fourth-order valence-electron chi connectivity index (χ4n) is 1.83. The first-order chi connectivity index (χ1) is 11.7. The standard InChI is InChI=1S/C16H12Cl2F3NO2S/c17-13-6-1-10(7-14(13)18)8-25-9-15(23)22-11-2-4-12(5-3-11)24-16(19,20)21/h1-7H,8-9H2,(H,22,23). The number of alkyl halides is 3. The van der Waals surface area contributed by atoms with Gasteiger partial charge in [-0.3, -0.25) is 4.79 Å². The summed E-state index contributed by atoms with van der Waals surface area (Å²) < 4.78 is 40.0. The van der Waals surface area contributed by atoms with Crippen molar-refractivity contribution in [2.45, 2.75) is 12.1 Å². The van der Waals surface area contributed by atoms with Gasteiger partial charge in [0, 0.05) is 11.4 Å². The Hall–Kier alpha value is -1.57. The van der Waals surface area contributed by atoms with Crippen molar-refractivity contribution in [2.75, 3.05) is 11.1 Å². The molecule has 0 aromatic heterocycles. The van der Waals surface area contributed by atoms with Crippen LogP contribution < -0.4 is 10.1 Å². The second kappa shape index (κ2) is 8.69. The van der Waals surface area contributed by atoms with Crippen LogP contribution in [0.5, 0.6) is 5.75 Å². The number of ether oxygens (including phenoxy) is 1. The van der Waals surface area contributed by atoms with Crippen LogP contribution in [0.4, 0.5) is 18.9 Å². The minimum atomic E-state index is -4.74. The molecule has 3 nitrogen and oxygen atoms in total. The van der Waals surface area contributed by atoms with Crippen LogP contribution in [0, 0.1) is 0 Å². The Morgan fingerprint density at radius 3 is 2.36 bits per heavy atom. The predicted octanol–water partition coefficient (Wildman–Crippen LogP) is 5.76. The highest BCUT2D eigenvalue weighted by molar-refractivity contribution is 7.99. The summed E-state index contributed by atoms with van der Waals surface area (Å²) in [5.74, 6) is 0.137. The molecule has 0 bridgehead atoms. The van der Waals surface area contributed by atoms with Gasteiger partial charge in [0.2, 0.25) is 5.91 Å². The number of amides is 1. The van der Waals surface area contributed by atoms with Crippen LogP contribution in [0.3, 0.4) is 0 Å². The third-order valence-electron chi connectivity index (χ3n) is 2.86. The van der Waals surface area contributed by atoms with Crippen LogP contribution in [0.25, 0.3) is 0 Å². The Kier molecular flexibility index (Phi) is 6.87. The Morgan fingerprint density at radius 1 is 1.08 bits per heavy atom. The van der Waals surface area contributed by atoms with Crippen molar-refractivity contribution in [1.29, 1.82) is 0 Å². The van der Waals surface area contributed by atoms with Gasteiger partial charge in [0.15, 0.2) is 0 Å². The Morgan fingerprint density at radius 2 is 1.76 bits per heavy atom. The van der Waals surface area contributed by atoms with E-state index >= 15 is 0 Å². The molecule has 1 N–H and O–H groups in total. The number of halogens is 5. The molecule has 2 aromatic carbocycles. The van der Waals surface area contributed by atoms with Gasteiger partial charge < -0.3 is 10.1 Å². The van der Waals surface area contributed by atoms with E-state index in [0.29, 0.717) is 21.5 Å². The lowest BCUT2D eigenvalue weighted by atomic mass is 10.2. The number of carbonyl (C=O) groups is 1. The van der Waals surface area contributed by atoms with Crippen LogP contribution in [0.1, 0.15) is 5.56 Å². The quantitative estimate of drug-likeness (QED) is 0.658. The summed E-state index contributed by atoms with van der Waals surface area (Å²) in [5, 5.41) is 3.51. The minimum absolute atomic E-state index is 0.182. The van der Waals surface area contributed by atoms with Crippen LogP contribution in [-0.4, -0.2) is 18.0 Å². The van der Waals surface area contributed by atoms with E-state index in [-0.39, 0.29) is 17.4 Å². The maximum Gasteiger partial charge on any atom is 0.573 e. The van der Waals surface area contributed by atoms with Gasteiger partial charge in [0.05, 0.1) is 15.8 Å². The number of carbonyl (C=O) groups excluding carboxylic acids is 1. The molecule has 134 valence electrons. The van der Waals surface area contributed by atoms with E-state index in [9.17, 15) is 18.0 Å². The lowest BCUT2D eigenvalue weighted by Gasteiger charge is -2.10. The summed E-state index contributed by atoms with van der Waals surface area (Å²) in [5.41, 5.74) is 1.32. The van der Waals surface area contributed by atoms with E-state index in [1.54, 1.807) is 12.1 Å². The molecule has 0 saturated heterocycles. The van der Waals surface area contributed by atoms with Crippen LogP contribution in [0.15, 0.2) is 42.5 Å². The average Bonchev–Trinajstić information content (AvgIpc) is 2.51. The summed E-state index contributed by atoms with van der Waals surface area (Å²) in [7, 11) is 0. The summed E-state index contributed by atoms with van der Waals surface area (Å²) in [6, 6.07) is 10.2. The van der Waals surface area contributed by atoms with Crippen molar-refractivity contribution in [3.63, 3.8) is 0 Å². The first kappa shape index (κ1) is 19.8. The largest absolute Gasteiger partial charge is 0.573 e. The van der Waals surface area contributed by atoms with E-state index in [0.717, 1.165) is 17.7 Å². The third-order valence-corrected chi connectivity index (χ3v) is 4.60. The van der Waals surface area contributed by atoms with E-state index in [1.807, 2.05) is 6.07 Å². The molecular weight excluding hydrogens is 398 g/mol. The molecular formula is C16H12Cl2F3NO2S. The molecule has 0 unspecified atom stereocenters. The van der Waals surface area contributed by atoms with Crippen molar-refractivity contribution >= 4 is 46.6 Å². The van der Waals surface area contributed by atoms with Crippen molar-refractivity contribution < 1.29 is 22.7 Å². The van der Waals surface area contributed by atoms with Crippen molar-refractivity contribution in [3.05, 3.63) is 58.1 Å². The minimum Gasteiger partial charge on any atom is -0.406 e. The van der Waals surface area contributed by atoms with Gasteiger partial charge in [-0.25, -0.2) is 0 Å². The first-order valence-corrected chi connectivity index (χ1v) is 8.81. The van der Waals surface area contributed by atoms with Crippen molar-refractivity contribution in [1.82, 2.24) is 0 Å². The van der Waals surface area contributed by atoms with Gasteiger partial charge in [0.1, 0.15) is 5.75 Å². The molecule has 1 amide bonds. The molecule has 0 heterocycles. The second-order valence-corrected chi connectivity index (χ2v) is 6.66. The summed E-state index contributed by atoms with van der Waals surface area (Å²) in [6.07, 6.45) is -4.74. The molecule has 0 aliphatic carbocycles. The number of hydrogen-bond donors (Lipinski definition) is 1. The Balaban J connectivity index is 1.79. The topological polar surface area (TPSA) is 38.3 Å². The molecule has 0 atom stereocenters. The van der Waals surface area contributed by atoms with Crippen molar-refractivity contribution in [3.8, 4) is 5.75 Å². The molecule has 9 heteroatoms. The van der Waals surface area contributed by atoms with Crippen LogP contribution in [-0.2, 0) is 10.5 Å². The number of thioether (sulfide) groups is 1. The molecule has 0 spiro atoms. The maximum atomic E-state index is 12.1. The lowest BCUT2D eigenvalue weighted by Crippen LogP contribution is -2.17. The zero-order valence-electron chi connectivity index (χ0n) is 12.6. The number of hydrogen-bond acceptors (Lipinski definition) is 3. The highest BCUT2D eigenvalue weighted by atomic mass is 35.5. The third kappa shape index (κ3) is 7.05. The average molecular weight is 410 g/mol. The molecule has 0 saturated carbocycles. The van der Waals surface area contributed by atoms with E-state index in [1.165, 1.54) is 23.9 Å². The maximum absolute atomic E-state index is 12.1. The first-order valence-electron chi connectivity index (χ1n) is 6.90. The summed E-state index contributed by atoms with van der Waals surface area (Å²) >= 11 is 13.1. The van der Waals surface area contributed by atoms with Gasteiger partial charge in [-0.05, 0) is 42.0 Å². The normalized spacial score (nSPS) is 11.2. The van der Waals surface area contributed by atoms with Gasteiger partial charge in [-0.1, -0.05) is 29.3 Å². The SMILES string of the molecule is O=C(CSCc1ccc(Cl)c(Cl)c1)Nc1ccc(OC(F)(F)F)cc1. The molecule has 2 aromatic rings. The van der Waals surface area contributed by atoms with E-state index < -0.39 is 6.36 Å². The molecule has 0 aliphatic heterocycles. The zero-order chi connectivity index (χ0) is 18.4. The fraction of sp³-hybridized carbons (Fsp3) is 0.188. The molecule has 0 aliphatic rings. The van der Waals surface area contributed by atoms with E-state index in [4.69, 9.17) is 23.2 Å². The van der Waals surface area contributed by atoms with E-state index in [2.05, 4.69) is 10.1 Å². The van der Waals surface area contributed by atoms with Gasteiger partial charge in [-0.15, -0.1) is 24.9 Å². The smallest absolute Gasteiger partial charge is 0.406 e. The van der Waals surface area contributed by atoms with Crippen LogP contribution >= 0.6 is 35.0 Å². The lowest BCUT2D eigenvalue weighted by molar-refractivity contribution is -0.274. The summed E-state index contributed by atoms with van der Waals surface area (Å²) in [4.78, 5) is 11.8. The molecule has 0 radical (unpaired) electrons. The monoisotopic (exact) mass is 409 g/mol. The Labute approximate surface area is 156 Å². The zero-order valence-corrected chi connectivity index (χ0v) is 14.9. The highest BCUT2D eigenvalue weighted by Crippen LogP contribution is 2.25. The molecule has 2 rings (SSSR count). The number of benzene rings is 2. The fourth-order valence-corrected chi connectivity index (χ4v) is 2.92. The number of anilines is 1. The summed E-state index contributed by atoms with van der Waals surface area (Å²) in [6.45, 7) is 0. The van der Waals surface area contributed by atoms with Crippen molar-refractivity contribution in [2.24, 2.45) is 0 Å². The number of nitrogens with one attached hydrogen (secondary N) is 1. The molecule has 25 heavy (non-hydrogen) atoms. The predicted molar refractivity (Wildman–Crippen MR) is 94.4 cm³/mol. The number of rotatable bonds is 6. The van der Waals surface area contributed by atoms with Gasteiger partial charge >= 0.3 is 6.36 Å². The highest BCUT2D eigenvalue weighted by Gasteiger charge is 2.30. The van der Waals surface area contributed by atoms with Gasteiger partial charge in [-0.2, -0.15) is 0 Å².